The summed E-state index contributed by atoms with van der Waals surface area (Å²) in [5.41, 5.74) is -0.803. The van der Waals surface area contributed by atoms with E-state index in [-0.39, 0.29) is 36.8 Å². The maximum Gasteiger partial charge on any atom is 0.416 e. The van der Waals surface area contributed by atoms with Gasteiger partial charge in [0, 0.05) is 33.3 Å². The first kappa shape index (κ1) is 25.9. The molecular formula is C22H31F3N2O5. The first-order valence-electron chi connectivity index (χ1n) is 10.7. The number of carbonyl (C=O) groups excluding carboxylic acids is 2. The van der Waals surface area contributed by atoms with Gasteiger partial charge in [0.25, 0.3) is 0 Å². The summed E-state index contributed by atoms with van der Waals surface area (Å²) in [5.74, 6) is 0.0263. The van der Waals surface area contributed by atoms with Crippen LogP contribution in [-0.4, -0.2) is 72.9 Å². The number of nitrogens with zero attached hydrogens (tertiary/aromatic N) is 2. The number of benzene rings is 1. The van der Waals surface area contributed by atoms with Crippen molar-refractivity contribution in [2.45, 2.75) is 56.8 Å². The number of halogens is 3. The number of aliphatic hydroxyl groups excluding tert-OH is 1. The summed E-state index contributed by atoms with van der Waals surface area (Å²) in [6.45, 7) is 0.877. The van der Waals surface area contributed by atoms with E-state index in [1.807, 2.05) is 0 Å². The van der Waals surface area contributed by atoms with E-state index in [4.69, 9.17) is 14.6 Å². The highest BCUT2D eigenvalue weighted by Crippen LogP contribution is 2.30. The van der Waals surface area contributed by atoms with Crippen LogP contribution < -0.4 is 4.74 Å². The zero-order valence-electron chi connectivity index (χ0n) is 18.4. The van der Waals surface area contributed by atoms with Crippen molar-refractivity contribution >= 4 is 12.0 Å². The van der Waals surface area contributed by atoms with E-state index in [0.29, 0.717) is 32.4 Å². The second-order valence-electron chi connectivity index (χ2n) is 7.94. The minimum atomic E-state index is -4.44. The van der Waals surface area contributed by atoms with Gasteiger partial charge in [-0.2, -0.15) is 13.2 Å². The highest BCUT2D eigenvalue weighted by Gasteiger charge is 2.31. The minimum absolute atomic E-state index is 0.0149. The lowest BCUT2D eigenvalue weighted by molar-refractivity contribution is -0.137. The third kappa shape index (κ3) is 7.98. The van der Waals surface area contributed by atoms with Crippen LogP contribution in [0.2, 0.25) is 0 Å². The third-order valence-corrected chi connectivity index (χ3v) is 5.61. The first-order valence-corrected chi connectivity index (χ1v) is 10.7. The molecule has 0 spiro atoms. The van der Waals surface area contributed by atoms with Crippen LogP contribution in [0, 0.1) is 0 Å². The lowest BCUT2D eigenvalue weighted by Gasteiger charge is -2.34. The summed E-state index contributed by atoms with van der Waals surface area (Å²) in [5, 5.41) is 8.82. The normalized spacial score (nSPS) is 18.8. The molecule has 10 heteroatoms. The van der Waals surface area contributed by atoms with Gasteiger partial charge in [0.05, 0.1) is 24.7 Å². The molecule has 7 nitrogen and oxygen atoms in total. The largest absolute Gasteiger partial charge is 0.416 e. The smallest absolute Gasteiger partial charge is 0.410 e. The lowest BCUT2D eigenvalue weighted by Crippen LogP contribution is -2.42. The molecule has 1 saturated carbocycles. The summed E-state index contributed by atoms with van der Waals surface area (Å²) in [6.07, 6.45) is -1.35. The highest BCUT2D eigenvalue weighted by molar-refractivity contribution is 5.75. The van der Waals surface area contributed by atoms with Gasteiger partial charge in [-0.15, -0.1) is 0 Å². The van der Waals surface area contributed by atoms with Gasteiger partial charge in [-0.3, -0.25) is 4.79 Å². The van der Waals surface area contributed by atoms with Crippen molar-refractivity contribution in [1.82, 2.24) is 9.80 Å². The maximum absolute atomic E-state index is 12.6. The van der Waals surface area contributed by atoms with E-state index in [0.717, 1.165) is 37.1 Å². The Labute approximate surface area is 186 Å². The van der Waals surface area contributed by atoms with Crippen molar-refractivity contribution in [2.75, 3.05) is 33.9 Å². The van der Waals surface area contributed by atoms with Crippen LogP contribution in [0.3, 0.4) is 0 Å². The summed E-state index contributed by atoms with van der Waals surface area (Å²) < 4.78 is 48.9. The summed E-state index contributed by atoms with van der Waals surface area (Å²) >= 11 is 0. The van der Waals surface area contributed by atoms with Crippen LogP contribution in [0.25, 0.3) is 0 Å². The molecule has 32 heavy (non-hydrogen) atoms. The molecule has 0 bridgehead atoms. The van der Waals surface area contributed by atoms with Gasteiger partial charge in [-0.05, 0) is 56.4 Å². The van der Waals surface area contributed by atoms with Crippen LogP contribution in [0.4, 0.5) is 18.0 Å². The molecule has 1 aromatic rings. The van der Waals surface area contributed by atoms with Crippen LogP contribution >= 0.6 is 0 Å². The number of hydrogen-bond donors (Lipinski definition) is 1. The SMILES string of the molecule is CN(CCCO)C(=O)CCOC1CCC(N(C)C(=O)Oc2ccc(C(F)(F)F)cc2)CC1. The predicted molar refractivity (Wildman–Crippen MR) is 111 cm³/mol. The van der Waals surface area contributed by atoms with Crippen molar-refractivity contribution in [1.29, 1.82) is 0 Å². The van der Waals surface area contributed by atoms with Gasteiger partial charge in [0.15, 0.2) is 0 Å². The molecule has 0 radical (unpaired) electrons. The molecule has 0 saturated heterocycles. The fraction of sp³-hybridized carbons (Fsp3) is 0.636. The van der Waals surface area contributed by atoms with E-state index in [1.54, 1.807) is 19.0 Å². The monoisotopic (exact) mass is 460 g/mol. The molecule has 180 valence electrons. The topological polar surface area (TPSA) is 79.3 Å². The third-order valence-electron chi connectivity index (χ3n) is 5.61. The number of ether oxygens (including phenoxy) is 2. The molecule has 0 atom stereocenters. The second-order valence-corrected chi connectivity index (χ2v) is 7.94. The molecule has 2 rings (SSSR count). The standard InChI is InChI=1S/C22H31F3N2O5/c1-26(13-3-14-28)20(29)12-15-31-18-10-6-17(7-11-18)27(2)21(30)32-19-8-4-16(5-9-19)22(23,24)25/h4-5,8-9,17-18,28H,3,6-7,10-15H2,1-2H3. The number of rotatable bonds is 9. The molecule has 0 aliphatic heterocycles. The Bertz CT molecular complexity index is 734. The quantitative estimate of drug-likeness (QED) is 0.608. The van der Waals surface area contributed by atoms with Crippen LogP contribution in [-0.2, 0) is 15.7 Å². The Morgan fingerprint density at radius 1 is 1.09 bits per heavy atom. The number of alkyl halides is 3. The number of carbonyl (C=O) groups is 2. The number of aliphatic hydroxyl groups is 1. The Balaban J connectivity index is 1.71. The van der Waals surface area contributed by atoms with Gasteiger partial charge in [-0.1, -0.05) is 0 Å². The van der Waals surface area contributed by atoms with Crippen molar-refractivity contribution < 1.29 is 37.3 Å². The Morgan fingerprint density at radius 3 is 2.28 bits per heavy atom. The van der Waals surface area contributed by atoms with E-state index in [2.05, 4.69) is 0 Å². The molecule has 2 amide bonds. The van der Waals surface area contributed by atoms with E-state index in [9.17, 15) is 22.8 Å². The van der Waals surface area contributed by atoms with E-state index >= 15 is 0 Å². The lowest BCUT2D eigenvalue weighted by atomic mass is 9.92. The molecule has 0 unspecified atom stereocenters. The predicted octanol–water partition coefficient (Wildman–Crippen LogP) is 3.69. The molecule has 1 aliphatic rings. The van der Waals surface area contributed by atoms with Crippen molar-refractivity contribution in [3.8, 4) is 5.75 Å². The van der Waals surface area contributed by atoms with E-state index < -0.39 is 17.8 Å². The average molecular weight is 460 g/mol. The van der Waals surface area contributed by atoms with Crippen LogP contribution in [0.5, 0.6) is 5.75 Å². The maximum atomic E-state index is 12.6. The van der Waals surface area contributed by atoms with Gasteiger partial charge in [0.1, 0.15) is 5.75 Å². The summed E-state index contributed by atoms with van der Waals surface area (Å²) in [4.78, 5) is 27.4. The molecule has 1 N–H and O–H groups in total. The average Bonchev–Trinajstić information content (AvgIpc) is 2.77. The molecule has 0 aromatic heterocycles. The minimum Gasteiger partial charge on any atom is -0.410 e. The first-order chi connectivity index (χ1) is 15.1. The van der Waals surface area contributed by atoms with Crippen molar-refractivity contribution in [2.24, 2.45) is 0 Å². The fourth-order valence-corrected chi connectivity index (χ4v) is 3.57. The molecule has 1 fully saturated rings. The Morgan fingerprint density at radius 2 is 1.72 bits per heavy atom. The van der Waals surface area contributed by atoms with Crippen LogP contribution in [0.1, 0.15) is 44.1 Å². The fourth-order valence-electron chi connectivity index (χ4n) is 3.57. The zero-order valence-corrected chi connectivity index (χ0v) is 18.4. The second kappa shape index (κ2) is 12.1. The molecule has 0 heterocycles. The van der Waals surface area contributed by atoms with Gasteiger partial charge < -0.3 is 24.4 Å². The Kier molecular flexibility index (Phi) is 9.77. The number of amides is 2. The zero-order chi connectivity index (χ0) is 23.7. The van der Waals surface area contributed by atoms with Crippen molar-refractivity contribution in [3.63, 3.8) is 0 Å². The molecule has 1 aliphatic carbocycles. The molecule has 1 aromatic carbocycles. The van der Waals surface area contributed by atoms with Gasteiger partial charge in [-0.25, -0.2) is 4.79 Å². The summed E-state index contributed by atoms with van der Waals surface area (Å²) in [6, 6.07) is 3.95. The summed E-state index contributed by atoms with van der Waals surface area (Å²) in [7, 11) is 3.31. The Hall–Kier alpha value is -2.33. The number of hydrogen-bond acceptors (Lipinski definition) is 5. The van der Waals surface area contributed by atoms with Crippen molar-refractivity contribution in [3.05, 3.63) is 29.8 Å². The van der Waals surface area contributed by atoms with Gasteiger partial charge in [0.2, 0.25) is 5.91 Å². The highest BCUT2D eigenvalue weighted by atomic mass is 19.4. The van der Waals surface area contributed by atoms with Gasteiger partial charge >= 0.3 is 12.3 Å². The van der Waals surface area contributed by atoms with Crippen LogP contribution in [0.15, 0.2) is 24.3 Å². The molecular weight excluding hydrogens is 429 g/mol. The van der Waals surface area contributed by atoms with E-state index in [1.165, 1.54) is 4.90 Å².